The van der Waals surface area contributed by atoms with Crippen LogP contribution in [0.5, 0.6) is 0 Å². The van der Waals surface area contributed by atoms with Gasteiger partial charge in [-0.25, -0.2) is 0 Å². The van der Waals surface area contributed by atoms with E-state index >= 15 is 0 Å². The number of likely N-dealkylation sites (tertiary alicyclic amines) is 1. The van der Waals surface area contributed by atoms with Gasteiger partial charge in [0.05, 0.1) is 0 Å². The second-order valence-corrected chi connectivity index (χ2v) is 4.49. The van der Waals surface area contributed by atoms with Gasteiger partial charge < -0.3 is 10.0 Å². The highest BCUT2D eigenvalue weighted by molar-refractivity contribution is 5.94. The molecule has 1 saturated heterocycles. The van der Waals surface area contributed by atoms with Crippen LogP contribution in [0.2, 0.25) is 0 Å². The van der Waals surface area contributed by atoms with Gasteiger partial charge >= 0.3 is 0 Å². The van der Waals surface area contributed by atoms with Crippen molar-refractivity contribution in [2.24, 2.45) is 0 Å². The van der Waals surface area contributed by atoms with Crippen LogP contribution in [-0.2, 0) is 0 Å². The van der Waals surface area contributed by atoms with Gasteiger partial charge in [-0.2, -0.15) is 0 Å². The summed E-state index contributed by atoms with van der Waals surface area (Å²) in [6.07, 6.45) is 2.18. The summed E-state index contributed by atoms with van der Waals surface area (Å²) >= 11 is 0. The van der Waals surface area contributed by atoms with Gasteiger partial charge in [0.2, 0.25) is 0 Å². The van der Waals surface area contributed by atoms with E-state index in [2.05, 4.69) is 11.8 Å². The van der Waals surface area contributed by atoms with Crippen molar-refractivity contribution in [3.05, 3.63) is 34.9 Å². The van der Waals surface area contributed by atoms with Crippen molar-refractivity contribution < 1.29 is 9.90 Å². The van der Waals surface area contributed by atoms with Crippen LogP contribution in [0.4, 0.5) is 0 Å². The van der Waals surface area contributed by atoms with E-state index in [4.69, 9.17) is 5.11 Å². The molecular formula is C15H17NO2. The molecule has 1 heterocycles. The molecule has 0 aliphatic carbocycles. The lowest BCUT2D eigenvalue weighted by atomic mass is 10.0. The number of aryl methyl sites for hydroxylation is 1. The Bertz CT molecular complexity index is 505. The molecule has 0 aromatic heterocycles. The van der Waals surface area contributed by atoms with Crippen molar-refractivity contribution in [1.29, 1.82) is 0 Å². The van der Waals surface area contributed by atoms with Crippen molar-refractivity contribution in [1.82, 2.24) is 4.90 Å². The molecule has 1 aliphatic heterocycles. The van der Waals surface area contributed by atoms with Crippen LogP contribution in [0.25, 0.3) is 0 Å². The van der Waals surface area contributed by atoms with Gasteiger partial charge in [0.25, 0.3) is 5.91 Å². The molecule has 18 heavy (non-hydrogen) atoms. The van der Waals surface area contributed by atoms with Gasteiger partial charge in [-0.05, 0) is 37.5 Å². The van der Waals surface area contributed by atoms with Gasteiger partial charge in [-0.15, -0.1) is 0 Å². The molecule has 3 nitrogen and oxygen atoms in total. The maximum Gasteiger partial charge on any atom is 0.253 e. The number of nitrogens with zero attached hydrogens (tertiary/aromatic N) is 1. The highest BCUT2D eigenvalue weighted by Crippen LogP contribution is 2.15. The summed E-state index contributed by atoms with van der Waals surface area (Å²) in [6.45, 7) is 3.49. The third kappa shape index (κ3) is 2.72. The molecule has 0 unspecified atom stereocenters. The van der Waals surface area contributed by atoms with Gasteiger partial charge in [0.1, 0.15) is 6.61 Å². The number of rotatable bonds is 1. The van der Waals surface area contributed by atoms with Crippen molar-refractivity contribution in [3.63, 3.8) is 0 Å². The van der Waals surface area contributed by atoms with E-state index in [0.717, 1.165) is 37.1 Å². The van der Waals surface area contributed by atoms with E-state index in [1.807, 2.05) is 30.0 Å². The first-order chi connectivity index (χ1) is 8.72. The minimum absolute atomic E-state index is 0.0829. The molecule has 0 spiro atoms. The normalized spacial score (nSPS) is 14.2. The minimum atomic E-state index is -0.163. The number of hydrogen-bond donors (Lipinski definition) is 1. The van der Waals surface area contributed by atoms with Crippen LogP contribution >= 0.6 is 0 Å². The van der Waals surface area contributed by atoms with E-state index in [0.29, 0.717) is 5.56 Å². The summed E-state index contributed by atoms with van der Waals surface area (Å²) in [6, 6.07) is 5.57. The van der Waals surface area contributed by atoms with E-state index in [1.54, 1.807) is 0 Å². The van der Waals surface area contributed by atoms with E-state index < -0.39 is 0 Å². The Labute approximate surface area is 107 Å². The molecule has 1 N–H and O–H groups in total. The summed E-state index contributed by atoms with van der Waals surface area (Å²) in [4.78, 5) is 14.1. The molecule has 0 atom stereocenters. The second-order valence-electron chi connectivity index (χ2n) is 4.49. The maximum absolute atomic E-state index is 12.2. The third-order valence-corrected chi connectivity index (χ3v) is 3.18. The molecule has 2 rings (SSSR count). The molecule has 0 radical (unpaired) electrons. The molecule has 1 amide bonds. The zero-order chi connectivity index (χ0) is 13.0. The molecule has 0 saturated carbocycles. The van der Waals surface area contributed by atoms with E-state index in [9.17, 15) is 4.79 Å². The Kier molecular flexibility index (Phi) is 4.01. The Morgan fingerprint density at radius 3 is 2.78 bits per heavy atom. The van der Waals surface area contributed by atoms with Crippen molar-refractivity contribution in [2.75, 3.05) is 19.7 Å². The first-order valence-electron chi connectivity index (χ1n) is 6.22. The Balaban J connectivity index is 2.25. The SMILES string of the molecule is Cc1ccc(C(=O)N2CCCC2)cc1C#CCO. The predicted octanol–water partition coefficient (Wildman–Crippen LogP) is 1.57. The zero-order valence-corrected chi connectivity index (χ0v) is 10.6. The Morgan fingerprint density at radius 2 is 2.11 bits per heavy atom. The Morgan fingerprint density at radius 1 is 1.39 bits per heavy atom. The molecule has 1 aromatic rings. The van der Waals surface area contributed by atoms with Gasteiger partial charge in [-0.3, -0.25) is 4.79 Å². The number of carbonyl (C=O) groups is 1. The fourth-order valence-electron chi connectivity index (χ4n) is 2.13. The molecule has 1 fully saturated rings. The zero-order valence-electron chi connectivity index (χ0n) is 10.6. The van der Waals surface area contributed by atoms with Crippen LogP contribution in [0.15, 0.2) is 18.2 Å². The average Bonchev–Trinajstić information content (AvgIpc) is 2.91. The largest absolute Gasteiger partial charge is 0.384 e. The lowest BCUT2D eigenvalue weighted by molar-refractivity contribution is 0.0793. The van der Waals surface area contributed by atoms with Crippen LogP contribution in [0, 0.1) is 18.8 Å². The molecule has 3 heteroatoms. The van der Waals surface area contributed by atoms with Gasteiger partial charge in [-0.1, -0.05) is 17.9 Å². The highest BCUT2D eigenvalue weighted by Gasteiger charge is 2.19. The lowest BCUT2D eigenvalue weighted by Crippen LogP contribution is -2.27. The number of aliphatic hydroxyl groups is 1. The smallest absolute Gasteiger partial charge is 0.253 e. The second kappa shape index (κ2) is 5.70. The molecule has 0 bridgehead atoms. The average molecular weight is 243 g/mol. The van der Waals surface area contributed by atoms with Crippen LogP contribution in [-0.4, -0.2) is 35.6 Å². The molecule has 94 valence electrons. The summed E-state index contributed by atoms with van der Waals surface area (Å²) in [5, 5.41) is 8.72. The van der Waals surface area contributed by atoms with Crippen LogP contribution in [0.1, 0.15) is 34.3 Å². The number of hydrogen-bond acceptors (Lipinski definition) is 2. The number of aliphatic hydroxyl groups excluding tert-OH is 1. The van der Waals surface area contributed by atoms with Crippen LogP contribution < -0.4 is 0 Å². The Hall–Kier alpha value is -1.79. The number of amides is 1. The van der Waals surface area contributed by atoms with Crippen molar-refractivity contribution in [2.45, 2.75) is 19.8 Å². The van der Waals surface area contributed by atoms with Gasteiger partial charge in [0.15, 0.2) is 0 Å². The highest BCUT2D eigenvalue weighted by atomic mass is 16.2. The first kappa shape index (κ1) is 12.7. The van der Waals surface area contributed by atoms with E-state index in [1.165, 1.54) is 0 Å². The third-order valence-electron chi connectivity index (χ3n) is 3.18. The van der Waals surface area contributed by atoms with Gasteiger partial charge in [0, 0.05) is 24.2 Å². The summed E-state index contributed by atoms with van der Waals surface area (Å²) in [5.74, 6) is 5.58. The lowest BCUT2D eigenvalue weighted by Gasteiger charge is -2.15. The topological polar surface area (TPSA) is 40.5 Å². The standard InChI is InChI=1S/C15H17NO2/c1-12-6-7-14(11-13(12)5-4-10-17)15(18)16-8-2-3-9-16/h6-7,11,17H,2-3,8-10H2,1H3. The minimum Gasteiger partial charge on any atom is -0.384 e. The fourth-order valence-corrected chi connectivity index (χ4v) is 2.13. The van der Waals surface area contributed by atoms with E-state index in [-0.39, 0.29) is 12.5 Å². The monoisotopic (exact) mass is 243 g/mol. The summed E-state index contributed by atoms with van der Waals surface area (Å²) < 4.78 is 0. The first-order valence-corrected chi connectivity index (χ1v) is 6.22. The fraction of sp³-hybridized carbons (Fsp3) is 0.400. The number of carbonyl (C=O) groups excluding carboxylic acids is 1. The van der Waals surface area contributed by atoms with Crippen molar-refractivity contribution >= 4 is 5.91 Å². The molecular weight excluding hydrogens is 226 g/mol. The van der Waals surface area contributed by atoms with Crippen molar-refractivity contribution in [3.8, 4) is 11.8 Å². The predicted molar refractivity (Wildman–Crippen MR) is 70.3 cm³/mol. The summed E-state index contributed by atoms with van der Waals surface area (Å²) in [5.41, 5.74) is 2.52. The maximum atomic E-state index is 12.2. The summed E-state index contributed by atoms with van der Waals surface area (Å²) in [7, 11) is 0. The van der Waals surface area contributed by atoms with Crippen LogP contribution in [0.3, 0.4) is 0 Å². The number of benzene rings is 1. The quantitative estimate of drug-likeness (QED) is 0.761. The molecule has 1 aliphatic rings. The molecule has 1 aromatic carbocycles.